The van der Waals surface area contributed by atoms with Gasteiger partial charge in [0.1, 0.15) is 0 Å². The average molecular weight is 273 g/mol. The monoisotopic (exact) mass is 273 g/mol. The highest BCUT2D eigenvalue weighted by Crippen LogP contribution is 2.61. The number of rotatable bonds is 4. The van der Waals surface area contributed by atoms with Crippen molar-refractivity contribution >= 4 is 0 Å². The summed E-state index contributed by atoms with van der Waals surface area (Å²) < 4.78 is 1.93. The van der Waals surface area contributed by atoms with Crippen molar-refractivity contribution in [1.82, 2.24) is 15.1 Å². The molecule has 0 radical (unpaired) electrons. The van der Waals surface area contributed by atoms with Crippen LogP contribution >= 0.6 is 0 Å². The first kappa shape index (κ1) is 12.9. The standard InChI is InChI=1S/C17H27N3/c1-18-16(8-15-3-4-20(2)19-15)17-9-12-5-13(10-17)7-14(6-12)11-17/h3-4,12-14,16,18H,5-11H2,1-2H3. The van der Waals surface area contributed by atoms with E-state index in [4.69, 9.17) is 0 Å². The molecular formula is C17H27N3. The predicted molar refractivity (Wildman–Crippen MR) is 80.4 cm³/mol. The van der Waals surface area contributed by atoms with Crippen LogP contribution in [0.1, 0.15) is 44.2 Å². The SMILES string of the molecule is CNC(Cc1ccn(C)n1)C12CC3CC(CC(C3)C1)C2. The van der Waals surface area contributed by atoms with Crippen molar-refractivity contribution in [3.8, 4) is 0 Å². The fraction of sp³-hybridized carbons (Fsp3) is 0.824. The van der Waals surface area contributed by atoms with Gasteiger partial charge in [0.2, 0.25) is 0 Å². The number of nitrogens with one attached hydrogen (secondary N) is 1. The van der Waals surface area contributed by atoms with Gasteiger partial charge in [0, 0.05) is 25.7 Å². The zero-order valence-electron chi connectivity index (χ0n) is 12.8. The number of likely N-dealkylation sites (N-methyl/N-ethyl adjacent to an activating group) is 1. The number of aromatic nitrogens is 2. The Balaban J connectivity index is 1.57. The van der Waals surface area contributed by atoms with Crippen LogP contribution in [0.5, 0.6) is 0 Å². The van der Waals surface area contributed by atoms with Gasteiger partial charge >= 0.3 is 0 Å². The molecular weight excluding hydrogens is 246 g/mol. The van der Waals surface area contributed by atoms with Crippen molar-refractivity contribution in [1.29, 1.82) is 0 Å². The predicted octanol–water partition coefficient (Wildman–Crippen LogP) is 2.77. The normalized spacial score (nSPS) is 40.2. The van der Waals surface area contributed by atoms with E-state index in [-0.39, 0.29) is 0 Å². The molecule has 0 spiro atoms. The van der Waals surface area contributed by atoms with Crippen LogP contribution in [-0.4, -0.2) is 22.9 Å². The molecule has 1 aromatic heterocycles. The topological polar surface area (TPSA) is 29.9 Å². The molecule has 4 fully saturated rings. The van der Waals surface area contributed by atoms with E-state index in [1.807, 2.05) is 11.7 Å². The molecule has 4 aliphatic carbocycles. The lowest BCUT2D eigenvalue weighted by atomic mass is 9.47. The molecule has 0 saturated heterocycles. The Labute approximate surface area is 122 Å². The molecule has 0 amide bonds. The average Bonchev–Trinajstić information content (AvgIpc) is 2.80. The van der Waals surface area contributed by atoms with Gasteiger partial charge in [-0.25, -0.2) is 0 Å². The van der Waals surface area contributed by atoms with Crippen molar-refractivity contribution in [3.05, 3.63) is 18.0 Å². The van der Waals surface area contributed by atoms with Crippen molar-refractivity contribution in [3.63, 3.8) is 0 Å². The summed E-state index contributed by atoms with van der Waals surface area (Å²) in [6.45, 7) is 0. The highest BCUT2D eigenvalue weighted by atomic mass is 15.2. The quantitative estimate of drug-likeness (QED) is 0.914. The molecule has 1 N–H and O–H groups in total. The first-order valence-corrected chi connectivity index (χ1v) is 8.33. The molecule has 5 rings (SSSR count). The minimum Gasteiger partial charge on any atom is -0.316 e. The fourth-order valence-electron chi connectivity index (χ4n) is 6.01. The van der Waals surface area contributed by atoms with Crippen molar-refractivity contribution < 1.29 is 0 Å². The maximum atomic E-state index is 4.60. The summed E-state index contributed by atoms with van der Waals surface area (Å²) in [5, 5.41) is 8.27. The molecule has 4 saturated carbocycles. The first-order valence-electron chi connectivity index (χ1n) is 8.33. The Hall–Kier alpha value is -0.830. The second-order valence-corrected chi connectivity index (χ2v) is 7.81. The van der Waals surface area contributed by atoms with E-state index in [9.17, 15) is 0 Å². The summed E-state index contributed by atoms with van der Waals surface area (Å²) in [6.07, 6.45) is 12.2. The lowest BCUT2D eigenvalue weighted by Crippen LogP contribution is -2.56. The number of hydrogen-bond donors (Lipinski definition) is 1. The van der Waals surface area contributed by atoms with Crippen LogP contribution in [0.2, 0.25) is 0 Å². The van der Waals surface area contributed by atoms with Crippen molar-refractivity contribution in [2.75, 3.05) is 7.05 Å². The van der Waals surface area contributed by atoms with E-state index >= 15 is 0 Å². The van der Waals surface area contributed by atoms with E-state index in [0.29, 0.717) is 11.5 Å². The Kier molecular flexibility index (Phi) is 2.95. The molecule has 20 heavy (non-hydrogen) atoms. The van der Waals surface area contributed by atoms with E-state index < -0.39 is 0 Å². The van der Waals surface area contributed by atoms with Gasteiger partial charge in [-0.3, -0.25) is 4.68 Å². The zero-order valence-corrected chi connectivity index (χ0v) is 12.8. The number of aryl methyl sites for hydroxylation is 1. The van der Waals surface area contributed by atoms with E-state index in [0.717, 1.165) is 24.2 Å². The van der Waals surface area contributed by atoms with Crippen LogP contribution in [0, 0.1) is 23.2 Å². The maximum absolute atomic E-state index is 4.60. The van der Waals surface area contributed by atoms with Gasteiger partial charge in [-0.2, -0.15) is 5.10 Å². The lowest BCUT2D eigenvalue weighted by Gasteiger charge is -2.59. The molecule has 1 heterocycles. The highest BCUT2D eigenvalue weighted by molar-refractivity contribution is 5.10. The second-order valence-electron chi connectivity index (χ2n) is 7.81. The molecule has 4 aliphatic rings. The van der Waals surface area contributed by atoms with Crippen LogP contribution in [0.15, 0.2) is 12.3 Å². The molecule has 3 heteroatoms. The third kappa shape index (κ3) is 2.02. The molecule has 1 atom stereocenters. The van der Waals surface area contributed by atoms with E-state index in [1.165, 1.54) is 44.2 Å². The molecule has 110 valence electrons. The maximum Gasteiger partial charge on any atom is 0.0640 e. The molecule has 4 bridgehead atoms. The number of nitrogens with zero attached hydrogens (tertiary/aromatic N) is 2. The van der Waals surface area contributed by atoms with Crippen molar-refractivity contribution in [2.24, 2.45) is 30.2 Å². The lowest BCUT2D eigenvalue weighted by molar-refractivity contribution is -0.0726. The smallest absolute Gasteiger partial charge is 0.0640 e. The Bertz CT molecular complexity index is 455. The molecule has 1 aromatic rings. The summed E-state index contributed by atoms with van der Waals surface area (Å²) in [5.74, 6) is 3.09. The van der Waals surface area contributed by atoms with E-state index in [1.54, 1.807) is 0 Å². The Morgan fingerprint density at radius 2 is 1.85 bits per heavy atom. The van der Waals surface area contributed by atoms with Gasteiger partial charge in [-0.1, -0.05) is 0 Å². The fourth-order valence-corrected chi connectivity index (χ4v) is 6.01. The highest BCUT2D eigenvalue weighted by Gasteiger charge is 2.53. The van der Waals surface area contributed by atoms with Gasteiger partial charge in [-0.05, 0) is 74.8 Å². The van der Waals surface area contributed by atoms with Crippen LogP contribution in [0.3, 0.4) is 0 Å². The Morgan fingerprint density at radius 3 is 2.30 bits per heavy atom. The minimum absolute atomic E-state index is 0.570. The van der Waals surface area contributed by atoms with Crippen LogP contribution < -0.4 is 5.32 Å². The van der Waals surface area contributed by atoms with Gasteiger partial charge in [0.25, 0.3) is 0 Å². The second kappa shape index (κ2) is 4.59. The summed E-state index contributed by atoms with van der Waals surface area (Å²) in [4.78, 5) is 0. The van der Waals surface area contributed by atoms with Crippen LogP contribution in [0.4, 0.5) is 0 Å². The summed E-state index contributed by atoms with van der Waals surface area (Å²) in [5.41, 5.74) is 1.82. The summed E-state index contributed by atoms with van der Waals surface area (Å²) in [6, 6.07) is 2.80. The summed E-state index contributed by atoms with van der Waals surface area (Å²) in [7, 11) is 4.18. The van der Waals surface area contributed by atoms with Gasteiger partial charge in [0.05, 0.1) is 5.69 Å². The number of hydrogen-bond acceptors (Lipinski definition) is 2. The molecule has 0 aromatic carbocycles. The molecule has 1 unspecified atom stereocenters. The van der Waals surface area contributed by atoms with Crippen LogP contribution in [-0.2, 0) is 13.5 Å². The van der Waals surface area contributed by atoms with E-state index in [2.05, 4.69) is 29.7 Å². The van der Waals surface area contributed by atoms with Gasteiger partial charge < -0.3 is 5.32 Å². The van der Waals surface area contributed by atoms with Crippen LogP contribution in [0.25, 0.3) is 0 Å². The molecule has 3 nitrogen and oxygen atoms in total. The Morgan fingerprint density at radius 1 is 1.25 bits per heavy atom. The summed E-state index contributed by atoms with van der Waals surface area (Å²) >= 11 is 0. The van der Waals surface area contributed by atoms with Gasteiger partial charge in [-0.15, -0.1) is 0 Å². The third-order valence-electron chi connectivity index (χ3n) is 6.36. The van der Waals surface area contributed by atoms with Crippen molar-refractivity contribution in [2.45, 2.75) is 51.0 Å². The minimum atomic E-state index is 0.570. The largest absolute Gasteiger partial charge is 0.316 e. The van der Waals surface area contributed by atoms with Gasteiger partial charge in [0.15, 0.2) is 0 Å². The first-order chi connectivity index (χ1) is 9.67. The zero-order chi connectivity index (χ0) is 13.7. The molecule has 0 aliphatic heterocycles. The third-order valence-corrected chi connectivity index (χ3v) is 6.36.